The van der Waals surface area contributed by atoms with Crippen molar-refractivity contribution in [1.29, 1.82) is 0 Å². The molecule has 2 heterocycles. The quantitative estimate of drug-likeness (QED) is 0.547. The molecule has 162 valence electrons. The zero-order valence-electron chi connectivity index (χ0n) is 17.1. The lowest BCUT2D eigenvalue weighted by Crippen LogP contribution is -2.46. The molecule has 4 rings (SSSR count). The number of para-hydroxylation sites is 1. The number of rotatable bonds is 7. The molecule has 1 aliphatic heterocycles. The van der Waals surface area contributed by atoms with Crippen LogP contribution >= 0.6 is 11.6 Å². The monoisotopic (exact) mass is 440 g/mol. The van der Waals surface area contributed by atoms with Crippen molar-refractivity contribution >= 4 is 34.4 Å². The van der Waals surface area contributed by atoms with Crippen molar-refractivity contribution in [2.75, 3.05) is 19.7 Å². The summed E-state index contributed by atoms with van der Waals surface area (Å²) in [6.45, 7) is 1.74. The van der Waals surface area contributed by atoms with E-state index in [1.807, 2.05) is 29.2 Å². The lowest BCUT2D eigenvalue weighted by molar-refractivity contribution is -0.132. The molecule has 0 bridgehead atoms. The van der Waals surface area contributed by atoms with Gasteiger partial charge in [-0.25, -0.2) is 4.98 Å². The van der Waals surface area contributed by atoms with Crippen LogP contribution in [-0.2, 0) is 4.79 Å². The van der Waals surface area contributed by atoms with Crippen LogP contribution in [0.25, 0.3) is 11.0 Å². The maximum absolute atomic E-state index is 12.6. The van der Waals surface area contributed by atoms with Gasteiger partial charge in [-0.2, -0.15) is 0 Å². The Morgan fingerprint density at radius 2 is 2.00 bits per heavy atom. The Balaban J connectivity index is 1.18. The Morgan fingerprint density at radius 1 is 1.19 bits per heavy atom. The summed E-state index contributed by atoms with van der Waals surface area (Å²) in [6, 6.07) is 12.8. The third-order valence-electron chi connectivity index (χ3n) is 5.49. The van der Waals surface area contributed by atoms with E-state index in [9.17, 15) is 9.59 Å². The molecule has 0 aliphatic carbocycles. The van der Waals surface area contributed by atoms with Crippen LogP contribution in [0.2, 0.25) is 5.02 Å². The average Bonchev–Trinajstić information content (AvgIpc) is 3.26. The van der Waals surface area contributed by atoms with Gasteiger partial charge in [-0.1, -0.05) is 23.7 Å². The minimum atomic E-state index is -0.0991. The number of carbonyl (C=O) groups is 2. The van der Waals surface area contributed by atoms with Gasteiger partial charge in [-0.3, -0.25) is 9.59 Å². The second-order valence-electron chi connectivity index (χ2n) is 7.65. The number of nitrogens with one attached hydrogen (secondary N) is 2. The molecular formula is C23H25ClN4O3. The van der Waals surface area contributed by atoms with Gasteiger partial charge in [0.05, 0.1) is 29.0 Å². The number of aromatic nitrogens is 2. The van der Waals surface area contributed by atoms with Crippen LogP contribution in [0.15, 0.2) is 48.8 Å². The van der Waals surface area contributed by atoms with E-state index in [2.05, 4.69) is 15.3 Å². The third-order valence-corrected chi connectivity index (χ3v) is 5.81. The van der Waals surface area contributed by atoms with E-state index in [1.54, 1.807) is 24.5 Å². The first-order valence-corrected chi connectivity index (χ1v) is 10.9. The number of hydrogen-bond acceptors (Lipinski definition) is 4. The Bertz CT molecular complexity index is 1060. The van der Waals surface area contributed by atoms with Crippen molar-refractivity contribution in [3.63, 3.8) is 0 Å². The molecule has 0 radical (unpaired) electrons. The number of H-pyrrole nitrogens is 1. The number of hydrogen-bond donors (Lipinski definition) is 2. The van der Waals surface area contributed by atoms with Crippen molar-refractivity contribution in [2.45, 2.75) is 31.7 Å². The van der Waals surface area contributed by atoms with Gasteiger partial charge >= 0.3 is 0 Å². The van der Waals surface area contributed by atoms with E-state index >= 15 is 0 Å². The number of fused-ring (bicyclic) bond motifs is 1. The standard InChI is InChI=1S/C23H25ClN4O3/c24-18-4-1-2-5-21(18)31-13-3-6-22(29)28-11-9-17(10-12-28)27-23(30)16-7-8-19-20(14-16)26-15-25-19/h1-2,4-5,7-8,14-15,17H,3,6,9-13H2,(H,25,26)(H,27,30). The van der Waals surface area contributed by atoms with Gasteiger partial charge in [0.2, 0.25) is 5.91 Å². The van der Waals surface area contributed by atoms with Crippen molar-refractivity contribution in [2.24, 2.45) is 0 Å². The summed E-state index contributed by atoms with van der Waals surface area (Å²) < 4.78 is 5.64. The highest BCUT2D eigenvalue weighted by molar-refractivity contribution is 6.32. The Labute approximate surface area is 185 Å². The van der Waals surface area contributed by atoms with Crippen molar-refractivity contribution in [3.8, 4) is 5.75 Å². The molecule has 1 saturated heterocycles. The van der Waals surface area contributed by atoms with Crippen LogP contribution in [0.4, 0.5) is 0 Å². The summed E-state index contributed by atoms with van der Waals surface area (Å²) in [4.78, 5) is 34.1. The first kappa shape index (κ1) is 21.2. The average molecular weight is 441 g/mol. The molecule has 1 aliphatic rings. The second-order valence-corrected chi connectivity index (χ2v) is 8.05. The molecule has 8 heteroatoms. The summed E-state index contributed by atoms with van der Waals surface area (Å²) in [5, 5.41) is 3.66. The predicted octanol–water partition coefficient (Wildman–Crippen LogP) is 3.80. The second kappa shape index (κ2) is 9.83. The number of amides is 2. The van der Waals surface area contributed by atoms with E-state index in [0.717, 1.165) is 23.9 Å². The maximum atomic E-state index is 12.6. The Hall–Kier alpha value is -3.06. The minimum Gasteiger partial charge on any atom is -0.492 e. The highest BCUT2D eigenvalue weighted by Gasteiger charge is 2.24. The molecule has 31 heavy (non-hydrogen) atoms. The molecule has 0 saturated carbocycles. The number of likely N-dealkylation sites (tertiary alicyclic amines) is 1. The van der Waals surface area contributed by atoms with Gasteiger partial charge in [0.15, 0.2) is 0 Å². The SMILES string of the molecule is O=C(NC1CCN(C(=O)CCCOc2ccccc2Cl)CC1)c1ccc2nc[nH]c2c1. The largest absolute Gasteiger partial charge is 0.492 e. The van der Waals surface area contributed by atoms with E-state index in [-0.39, 0.29) is 17.9 Å². The third kappa shape index (κ3) is 5.35. The number of piperidine rings is 1. The van der Waals surface area contributed by atoms with Gasteiger partial charge in [-0.05, 0) is 49.6 Å². The number of halogens is 1. The molecule has 2 amide bonds. The zero-order chi connectivity index (χ0) is 21.6. The topological polar surface area (TPSA) is 87.3 Å². The van der Waals surface area contributed by atoms with E-state index in [0.29, 0.717) is 48.9 Å². The first-order chi connectivity index (χ1) is 15.1. The van der Waals surface area contributed by atoms with E-state index in [4.69, 9.17) is 16.3 Å². The normalized spacial score (nSPS) is 14.5. The lowest BCUT2D eigenvalue weighted by Gasteiger charge is -2.32. The van der Waals surface area contributed by atoms with E-state index < -0.39 is 0 Å². The van der Waals surface area contributed by atoms with Crippen LogP contribution in [-0.4, -0.2) is 52.4 Å². The van der Waals surface area contributed by atoms with Crippen LogP contribution in [0.1, 0.15) is 36.0 Å². The van der Waals surface area contributed by atoms with Gasteiger partial charge in [0.25, 0.3) is 5.91 Å². The van der Waals surface area contributed by atoms with Gasteiger partial charge in [-0.15, -0.1) is 0 Å². The highest BCUT2D eigenvalue weighted by atomic mass is 35.5. The summed E-state index contributed by atoms with van der Waals surface area (Å²) in [6.07, 6.45) is 4.18. The summed E-state index contributed by atoms with van der Waals surface area (Å²) in [5.74, 6) is 0.662. The first-order valence-electron chi connectivity index (χ1n) is 10.5. The van der Waals surface area contributed by atoms with Gasteiger partial charge in [0.1, 0.15) is 5.75 Å². The maximum Gasteiger partial charge on any atom is 0.251 e. The number of benzene rings is 2. The Morgan fingerprint density at radius 3 is 2.81 bits per heavy atom. The zero-order valence-corrected chi connectivity index (χ0v) is 17.9. The molecule has 2 aromatic carbocycles. The molecule has 1 aromatic heterocycles. The molecule has 0 atom stereocenters. The minimum absolute atomic E-state index is 0.0672. The molecule has 3 aromatic rings. The predicted molar refractivity (Wildman–Crippen MR) is 119 cm³/mol. The number of nitrogens with zero attached hydrogens (tertiary/aromatic N) is 2. The van der Waals surface area contributed by atoms with E-state index in [1.165, 1.54) is 0 Å². The Kier molecular flexibility index (Phi) is 6.72. The smallest absolute Gasteiger partial charge is 0.251 e. The fourth-order valence-corrected chi connectivity index (χ4v) is 3.93. The van der Waals surface area contributed by atoms with Crippen molar-refractivity contribution in [1.82, 2.24) is 20.2 Å². The fourth-order valence-electron chi connectivity index (χ4n) is 3.74. The van der Waals surface area contributed by atoms with Crippen LogP contribution in [0.5, 0.6) is 5.75 Å². The van der Waals surface area contributed by atoms with Crippen LogP contribution < -0.4 is 10.1 Å². The van der Waals surface area contributed by atoms with Crippen molar-refractivity contribution < 1.29 is 14.3 Å². The molecular weight excluding hydrogens is 416 g/mol. The van der Waals surface area contributed by atoms with Gasteiger partial charge in [0, 0.05) is 31.1 Å². The molecule has 7 nitrogen and oxygen atoms in total. The van der Waals surface area contributed by atoms with Gasteiger partial charge < -0.3 is 19.9 Å². The fraction of sp³-hybridized carbons (Fsp3) is 0.348. The molecule has 2 N–H and O–H groups in total. The lowest BCUT2D eigenvalue weighted by atomic mass is 10.0. The number of imidazole rings is 1. The molecule has 1 fully saturated rings. The molecule has 0 spiro atoms. The highest BCUT2D eigenvalue weighted by Crippen LogP contribution is 2.23. The molecule has 0 unspecified atom stereocenters. The summed E-state index contributed by atoms with van der Waals surface area (Å²) >= 11 is 6.06. The summed E-state index contributed by atoms with van der Waals surface area (Å²) in [7, 11) is 0. The number of carbonyl (C=O) groups excluding carboxylic acids is 2. The number of ether oxygens (including phenoxy) is 1. The van der Waals surface area contributed by atoms with Crippen LogP contribution in [0.3, 0.4) is 0 Å². The summed E-state index contributed by atoms with van der Waals surface area (Å²) in [5.41, 5.74) is 2.28. The van der Waals surface area contributed by atoms with Crippen LogP contribution in [0, 0.1) is 0 Å². The van der Waals surface area contributed by atoms with Crippen molar-refractivity contribution in [3.05, 3.63) is 59.4 Å². The number of aromatic amines is 1.